The van der Waals surface area contributed by atoms with Crippen molar-refractivity contribution in [2.45, 2.75) is 25.3 Å². The van der Waals surface area contributed by atoms with Crippen LogP contribution in [-0.2, 0) is 4.79 Å². The predicted molar refractivity (Wildman–Crippen MR) is 82.2 cm³/mol. The summed E-state index contributed by atoms with van der Waals surface area (Å²) in [7, 11) is 0. The molecule has 120 valence electrons. The van der Waals surface area contributed by atoms with E-state index in [1.54, 1.807) is 24.3 Å². The summed E-state index contributed by atoms with van der Waals surface area (Å²) in [4.78, 5) is 23.4. The predicted octanol–water partition coefficient (Wildman–Crippen LogP) is 2.48. The molecule has 6 heteroatoms. The molecule has 0 saturated carbocycles. The van der Waals surface area contributed by atoms with E-state index in [4.69, 9.17) is 4.42 Å². The second-order valence-corrected chi connectivity index (χ2v) is 5.51. The normalized spacial score (nSPS) is 17.6. The quantitative estimate of drug-likeness (QED) is 0.910. The second kappa shape index (κ2) is 6.64. The molecule has 2 N–H and O–H groups in total. The van der Waals surface area contributed by atoms with Gasteiger partial charge in [-0.1, -0.05) is 12.1 Å². The lowest BCUT2D eigenvalue weighted by molar-refractivity contribution is -0.123. The van der Waals surface area contributed by atoms with Crippen molar-refractivity contribution in [3.05, 3.63) is 48.0 Å². The molecule has 2 aromatic rings. The highest BCUT2D eigenvalue weighted by molar-refractivity contribution is 5.92. The third-order valence-electron chi connectivity index (χ3n) is 3.80. The molecule has 1 atom stereocenters. The van der Waals surface area contributed by atoms with E-state index in [9.17, 15) is 14.0 Å². The van der Waals surface area contributed by atoms with Crippen LogP contribution in [0.5, 0.6) is 0 Å². The van der Waals surface area contributed by atoms with Gasteiger partial charge < -0.3 is 15.1 Å². The van der Waals surface area contributed by atoms with E-state index in [1.165, 1.54) is 12.1 Å². The minimum absolute atomic E-state index is 0.00957. The second-order valence-electron chi connectivity index (χ2n) is 5.51. The van der Waals surface area contributed by atoms with Gasteiger partial charge >= 0.3 is 0 Å². The zero-order valence-electron chi connectivity index (χ0n) is 12.5. The molecule has 2 heterocycles. The Morgan fingerprint density at radius 1 is 1.30 bits per heavy atom. The van der Waals surface area contributed by atoms with Crippen molar-refractivity contribution in [1.82, 2.24) is 10.6 Å². The van der Waals surface area contributed by atoms with Crippen molar-refractivity contribution < 1.29 is 18.4 Å². The van der Waals surface area contributed by atoms with Gasteiger partial charge in [-0.25, -0.2) is 4.39 Å². The monoisotopic (exact) mass is 316 g/mol. The third-order valence-corrected chi connectivity index (χ3v) is 3.80. The van der Waals surface area contributed by atoms with Crippen molar-refractivity contribution in [1.29, 1.82) is 0 Å². The third kappa shape index (κ3) is 3.59. The molecule has 1 aliphatic rings. The van der Waals surface area contributed by atoms with Gasteiger partial charge in [0.25, 0.3) is 5.91 Å². The molecule has 1 aromatic carbocycles. The van der Waals surface area contributed by atoms with Gasteiger partial charge in [0.2, 0.25) is 5.91 Å². The Kier molecular flexibility index (Phi) is 4.41. The average molecular weight is 316 g/mol. The Labute approximate surface area is 132 Å². The van der Waals surface area contributed by atoms with Crippen LogP contribution in [0, 0.1) is 5.82 Å². The van der Waals surface area contributed by atoms with Gasteiger partial charge in [0.15, 0.2) is 5.76 Å². The summed E-state index contributed by atoms with van der Waals surface area (Å²) in [5.41, 5.74) is 0.311. The fraction of sp³-hybridized carbons (Fsp3) is 0.294. The Hall–Kier alpha value is -2.63. The smallest absolute Gasteiger partial charge is 0.287 e. The lowest BCUT2D eigenvalue weighted by Gasteiger charge is -2.23. The Morgan fingerprint density at radius 2 is 2.13 bits per heavy atom. The lowest BCUT2D eigenvalue weighted by atomic mass is 10.0. The molecule has 0 aliphatic carbocycles. The van der Waals surface area contributed by atoms with Gasteiger partial charge in [0.1, 0.15) is 11.6 Å². The summed E-state index contributed by atoms with van der Waals surface area (Å²) in [6.45, 7) is 0.348. The SMILES string of the molecule is O=C1CCC[C@H](CNC(=O)c2ccc(-c3ccccc3F)o2)N1. The number of rotatable bonds is 4. The van der Waals surface area contributed by atoms with E-state index in [1.807, 2.05) is 0 Å². The van der Waals surface area contributed by atoms with Gasteiger partial charge in [-0.05, 0) is 37.1 Å². The number of amides is 2. The molecule has 3 rings (SSSR count). The van der Waals surface area contributed by atoms with Crippen molar-refractivity contribution in [2.24, 2.45) is 0 Å². The number of furan rings is 1. The topological polar surface area (TPSA) is 71.3 Å². The summed E-state index contributed by atoms with van der Waals surface area (Å²) in [6, 6.07) is 9.24. The standard InChI is InChI=1S/C17H17FN2O3/c18-13-6-2-1-5-12(13)14-8-9-15(23-14)17(22)19-10-11-4-3-7-16(21)20-11/h1-2,5-6,8-9,11H,3-4,7,10H2,(H,19,22)(H,20,21)/t11-/m1/s1. The highest BCUT2D eigenvalue weighted by Gasteiger charge is 2.20. The van der Waals surface area contributed by atoms with E-state index in [0.29, 0.717) is 24.3 Å². The Morgan fingerprint density at radius 3 is 2.91 bits per heavy atom. The Balaban J connectivity index is 1.62. The van der Waals surface area contributed by atoms with Crippen molar-refractivity contribution in [3.63, 3.8) is 0 Å². The van der Waals surface area contributed by atoms with Crippen molar-refractivity contribution in [3.8, 4) is 11.3 Å². The number of hydrogen-bond acceptors (Lipinski definition) is 3. The molecule has 5 nitrogen and oxygen atoms in total. The van der Waals surface area contributed by atoms with E-state index in [2.05, 4.69) is 10.6 Å². The minimum Gasteiger partial charge on any atom is -0.451 e. The first kappa shape index (κ1) is 15.3. The molecule has 0 unspecified atom stereocenters. The summed E-state index contributed by atoms with van der Waals surface area (Å²) in [5, 5.41) is 5.56. The summed E-state index contributed by atoms with van der Waals surface area (Å²) < 4.78 is 19.1. The molecule has 0 radical (unpaired) electrons. The highest BCUT2D eigenvalue weighted by Crippen LogP contribution is 2.24. The van der Waals surface area contributed by atoms with Crippen LogP contribution in [0.25, 0.3) is 11.3 Å². The molecule has 0 spiro atoms. The maximum absolute atomic E-state index is 13.7. The highest BCUT2D eigenvalue weighted by atomic mass is 19.1. The van der Waals surface area contributed by atoms with Gasteiger partial charge in [0.05, 0.1) is 5.56 Å². The first-order valence-corrected chi connectivity index (χ1v) is 7.56. The molecule has 1 fully saturated rings. The first-order valence-electron chi connectivity index (χ1n) is 7.56. The summed E-state index contributed by atoms with van der Waals surface area (Å²) >= 11 is 0. The van der Waals surface area contributed by atoms with Crippen LogP contribution >= 0.6 is 0 Å². The van der Waals surface area contributed by atoms with E-state index in [-0.39, 0.29) is 23.6 Å². The van der Waals surface area contributed by atoms with Crippen LogP contribution in [0.3, 0.4) is 0 Å². The molecule has 2 amide bonds. The van der Waals surface area contributed by atoms with Gasteiger partial charge in [0, 0.05) is 19.0 Å². The number of benzene rings is 1. The molecule has 0 bridgehead atoms. The number of nitrogens with one attached hydrogen (secondary N) is 2. The lowest BCUT2D eigenvalue weighted by Crippen LogP contribution is -2.46. The summed E-state index contributed by atoms with van der Waals surface area (Å²) in [6.07, 6.45) is 2.20. The van der Waals surface area contributed by atoms with Crippen molar-refractivity contribution in [2.75, 3.05) is 6.54 Å². The maximum atomic E-state index is 13.7. The average Bonchev–Trinajstić information content (AvgIpc) is 3.03. The zero-order chi connectivity index (χ0) is 16.2. The number of halogens is 1. The van der Waals surface area contributed by atoms with E-state index >= 15 is 0 Å². The van der Waals surface area contributed by atoms with Crippen molar-refractivity contribution >= 4 is 11.8 Å². The fourth-order valence-electron chi connectivity index (χ4n) is 2.60. The van der Waals surface area contributed by atoms with Crippen LogP contribution < -0.4 is 10.6 Å². The molecular weight excluding hydrogens is 299 g/mol. The maximum Gasteiger partial charge on any atom is 0.287 e. The summed E-state index contributed by atoms with van der Waals surface area (Å²) in [5.74, 6) is -0.355. The van der Waals surface area contributed by atoms with Crippen LogP contribution in [0.2, 0.25) is 0 Å². The minimum atomic E-state index is -0.404. The van der Waals surface area contributed by atoms with E-state index < -0.39 is 5.82 Å². The van der Waals surface area contributed by atoms with Crippen LogP contribution in [-0.4, -0.2) is 24.4 Å². The molecule has 1 saturated heterocycles. The molecule has 1 aromatic heterocycles. The number of carbonyl (C=O) groups is 2. The van der Waals surface area contributed by atoms with Crippen LogP contribution in [0.1, 0.15) is 29.8 Å². The van der Waals surface area contributed by atoms with Gasteiger partial charge in [-0.3, -0.25) is 9.59 Å². The first-order chi connectivity index (χ1) is 11.1. The molecule has 1 aliphatic heterocycles. The Bertz CT molecular complexity index is 726. The molecule has 23 heavy (non-hydrogen) atoms. The zero-order valence-corrected chi connectivity index (χ0v) is 12.5. The van der Waals surface area contributed by atoms with Gasteiger partial charge in [-0.2, -0.15) is 0 Å². The van der Waals surface area contributed by atoms with Crippen LogP contribution in [0.4, 0.5) is 4.39 Å². The largest absolute Gasteiger partial charge is 0.451 e. The number of carbonyl (C=O) groups excluding carboxylic acids is 2. The number of piperidine rings is 1. The number of hydrogen-bond donors (Lipinski definition) is 2. The van der Waals surface area contributed by atoms with E-state index in [0.717, 1.165) is 12.8 Å². The van der Waals surface area contributed by atoms with Gasteiger partial charge in [-0.15, -0.1) is 0 Å². The molecular formula is C17H17FN2O3. The fourth-order valence-corrected chi connectivity index (χ4v) is 2.60. The van der Waals surface area contributed by atoms with Crippen LogP contribution in [0.15, 0.2) is 40.8 Å².